The van der Waals surface area contributed by atoms with Crippen molar-refractivity contribution in [3.05, 3.63) is 30.7 Å². The highest BCUT2D eigenvalue weighted by atomic mass is 16.5. The number of likely N-dealkylation sites (tertiary alicyclic amines) is 1. The minimum absolute atomic E-state index is 0.0893. The number of amides is 1. The maximum absolute atomic E-state index is 12.1. The molecule has 0 spiro atoms. The first kappa shape index (κ1) is 10.9. The number of hydrogen-bond acceptors (Lipinski definition) is 5. The predicted octanol–water partition coefficient (Wildman–Crippen LogP) is 0.743. The molecule has 0 radical (unpaired) electrons. The van der Waals surface area contributed by atoms with Crippen LogP contribution in [-0.2, 0) is 0 Å². The largest absolute Gasteiger partial charge is 0.364 e. The van der Waals surface area contributed by atoms with Crippen molar-refractivity contribution in [1.29, 1.82) is 0 Å². The highest BCUT2D eigenvalue weighted by Gasteiger charge is 2.26. The lowest BCUT2D eigenvalue weighted by atomic mass is 10.1. The van der Waals surface area contributed by atoms with Crippen LogP contribution in [-0.4, -0.2) is 43.8 Å². The Bertz CT molecular complexity index is 508. The van der Waals surface area contributed by atoms with Gasteiger partial charge in [-0.25, -0.2) is 9.67 Å². The highest BCUT2D eigenvalue weighted by molar-refractivity contribution is 5.92. The van der Waals surface area contributed by atoms with Gasteiger partial charge in [-0.05, 0) is 12.8 Å². The van der Waals surface area contributed by atoms with Crippen LogP contribution < -0.4 is 0 Å². The number of rotatable bonds is 2. The Balaban J connectivity index is 1.73. The molecule has 3 heterocycles. The van der Waals surface area contributed by atoms with E-state index in [-0.39, 0.29) is 11.9 Å². The summed E-state index contributed by atoms with van der Waals surface area (Å²) in [5.74, 6) is -0.0893. The molecule has 0 bridgehead atoms. The van der Waals surface area contributed by atoms with Gasteiger partial charge in [0, 0.05) is 19.2 Å². The normalized spacial score (nSPS) is 20.0. The maximum Gasteiger partial charge on any atom is 0.276 e. The van der Waals surface area contributed by atoms with Crippen LogP contribution >= 0.6 is 0 Å². The van der Waals surface area contributed by atoms with Crippen molar-refractivity contribution in [3.63, 3.8) is 0 Å². The smallest absolute Gasteiger partial charge is 0.276 e. The third kappa shape index (κ3) is 1.99. The van der Waals surface area contributed by atoms with E-state index in [1.165, 1.54) is 12.6 Å². The van der Waals surface area contributed by atoms with Gasteiger partial charge < -0.3 is 9.42 Å². The van der Waals surface area contributed by atoms with Crippen LogP contribution in [0.3, 0.4) is 0 Å². The minimum atomic E-state index is -0.0893. The molecule has 1 amide bonds. The van der Waals surface area contributed by atoms with Gasteiger partial charge in [0.25, 0.3) is 5.91 Å². The molecule has 1 atom stereocenters. The molecule has 18 heavy (non-hydrogen) atoms. The van der Waals surface area contributed by atoms with Crippen LogP contribution in [0.1, 0.15) is 29.4 Å². The molecule has 0 saturated carbocycles. The van der Waals surface area contributed by atoms with E-state index in [1.807, 2.05) is 4.68 Å². The van der Waals surface area contributed by atoms with Crippen LogP contribution in [0.25, 0.3) is 0 Å². The summed E-state index contributed by atoms with van der Waals surface area (Å²) in [4.78, 5) is 17.9. The van der Waals surface area contributed by atoms with Crippen molar-refractivity contribution in [1.82, 2.24) is 24.8 Å². The molecule has 0 N–H and O–H groups in total. The fraction of sp³-hybridized carbons (Fsp3) is 0.455. The van der Waals surface area contributed by atoms with Crippen LogP contribution in [0.5, 0.6) is 0 Å². The topological polar surface area (TPSA) is 77.0 Å². The molecule has 94 valence electrons. The molecule has 7 heteroatoms. The lowest BCUT2D eigenvalue weighted by Gasteiger charge is -2.32. The maximum atomic E-state index is 12.1. The summed E-state index contributed by atoms with van der Waals surface area (Å²) in [7, 11) is 0. The Labute approximate surface area is 103 Å². The molecule has 0 aliphatic carbocycles. The average molecular weight is 247 g/mol. The first-order chi connectivity index (χ1) is 8.84. The Hall–Kier alpha value is -2.18. The number of nitrogens with zero attached hydrogens (tertiary/aromatic N) is 5. The zero-order valence-electron chi connectivity index (χ0n) is 9.77. The van der Waals surface area contributed by atoms with Gasteiger partial charge in [0.1, 0.15) is 18.9 Å². The summed E-state index contributed by atoms with van der Waals surface area (Å²) >= 11 is 0. The average Bonchev–Trinajstić information content (AvgIpc) is 3.11. The zero-order valence-corrected chi connectivity index (χ0v) is 9.77. The third-order valence-corrected chi connectivity index (χ3v) is 3.15. The summed E-state index contributed by atoms with van der Waals surface area (Å²) in [6.07, 6.45) is 6.57. The van der Waals surface area contributed by atoms with Gasteiger partial charge in [-0.15, -0.1) is 0 Å². The number of piperidine rings is 1. The first-order valence-corrected chi connectivity index (χ1v) is 5.88. The van der Waals surface area contributed by atoms with E-state index < -0.39 is 0 Å². The summed E-state index contributed by atoms with van der Waals surface area (Å²) in [5.41, 5.74) is 0.356. The summed E-state index contributed by atoms with van der Waals surface area (Å²) < 4.78 is 6.51. The molecule has 2 aromatic heterocycles. The summed E-state index contributed by atoms with van der Waals surface area (Å²) in [6, 6.07) is 1.78. The van der Waals surface area contributed by atoms with E-state index in [0.717, 1.165) is 19.4 Å². The van der Waals surface area contributed by atoms with Crippen molar-refractivity contribution >= 4 is 5.91 Å². The highest BCUT2D eigenvalue weighted by Crippen LogP contribution is 2.21. The Morgan fingerprint density at radius 1 is 1.50 bits per heavy atom. The molecule has 1 aliphatic heterocycles. The fourth-order valence-corrected chi connectivity index (χ4v) is 2.25. The molecular weight excluding hydrogens is 234 g/mol. The third-order valence-electron chi connectivity index (χ3n) is 3.15. The second kappa shape index (κ2) is 4.59. The van der Waals surface area contributed by atoms with Gasteiger partial charge in [-0.3, -0.25) is 4.79 Å². The van der Waals surface area contributed by atoms with Gasteiger partial charge in [0.05, 0.1) is 6.04 Å². The SMILES string of the molecule is O=C(c1ccon1)N1CCC[C@H](n2cncn2)C1. The Morgan fingerprint density at radius 3 is 3.17 bits per heavy atom. The number of hydrogen-bond donors (Lipinski definition) is 0. The van der Waals surface area contributed by atoms with E-state index in [9.17, 15) is 4.79 Å². The van der Waals surface area contributed by atoms with Gasteiger partial charge in [0.2, 0.25) is 0 Å². The van der Waals surface area contributed by atoms with Crippen molar-refractivity contribution in [3.8, 4) is 0 Å². The Morgan fingerprint density at radius 2 is 2.44 bits per heavy atom. The van der Waals surface area contributed by atoms with Crippen LogP contribution in [0.2, 0.25) is 0 Å². The standard InChI is InChI=1S/C11H13N5O2/c17-11(10-3-5-18-14-10)15-4-1-2-9(6-15)16-8-12-7-13-16/h3,5,7-9H,1-2,4,6H2/t9-/m0/s1. The van der Waals surface area contributed by atoms with Crippen molar-refractivity contribution in [2.75, 3.05) is 13.1 Å². The molecular formula is C11H13N5O2. The van der Waals surface area contributed by atoms with Gasteiger partial charge in [-0.1, -0.05) is 5.16 Å². The molecule has 3 rings (SSSR count). The number of carbonyl (C=O) groups excluding carboxylic acids is 1. The molecule has 2 aromatic rings. The summed E-state index contributed by atoms with van der Waals surface area (Å²) in [5, 5.41) is 7.81. The van der Waals surface area contributed by atoms with Crippen molar-refractivity contribution in [2.24, 2.45) is 0 Å². The van der Waals surface area contributed by atoms with Gasteiger partial charge >= 0.3 is 0 Å². The van der Waals surface area contributed by atoms with E-state index in [1.54, 1.807) is 17.3 Å². The summed E-state index contributed by atoms with van der Waals surface area (Å²) in [6.45, 7) is 1.38. The molecule has 0 aromatic carbocycles. The number of carbonyl (C=O) groups is 1. The second-order valence-electron chi connectivity index (χ2n) is 4.31. The molecule has 7 nitrogen and oxygen atoms in total. The lowest BCUT2D eigenvalue weighted by Crippen LogP contribution is -2.41. The van der Waals surface area contributed by atoms with Crippen LogP contribution in [0.15, 0.2) is 29.5 Å². The monoisotopic (exact) mass is 247 g/mol. The van der Waals surface area contributed by atoms with Gasteiger partial charge in [-0.2, -0.15) is 5.10 Å². The fourth-order valence-electron chi connectivity index (χ4n) is 2.25. The van der Waals surface area contributed by atoms with Crippen LogP contribution in [0, 0.1) is 0 Å². The van der Waals surface area contributed by atoms with E-state index >= 15 is 0 Å². The molecule has 0 unspecified atom stereocenters. The number of aromatic nitrogens is 4. The van der Waals surface area contributed by atoms with E-state index in [2.05, 4.69) is 15.2 Å². The van der Waals surface area contributed by atoms with E-state index in [4.69, 9.17) is 4.52 Å². The van der Waals surface area contributed by atoms with Gasteiger partial charge in [0.15, 0.2) is 5.69 Å². The van der Waals surface area contributed by atoms with Crippen molar-refractivity contribution < 1.29 is 9.32 Å². The predicted molar refractivity (Wildman–Crippen MR) is 60.7 cm³/mol. The van der Waals surface area contributed by atoms with Crippen molar-refractivity contribution in [2.45, 2.75) is 18.9 Å². The zero-order chi connectivity index (χ0) is 12.4. The lowest BCUT2D eigenvalue weighted by molar-refractivity contribution is 0.0662. The minimum Gasteiger partial charge on any atom is -0.364 e. The quantitative estimate of drug-likeness (QED) is 0.782. The van der Waals surface area contributed by atoms with Crippen LogP contribution in [0.4, 0.5) is 0 Å². The molecule has 1 aliphatic rings. The second-order valence-corrected chi connectivity index (χ2v) is 4.31. The molecule has 1 saturated heterocycles. The first-order valence-electron chi connectivity index (χ1n) is 5.88. The Kier molecular flexibility index (Phi) is 2.79. The van der Waals surface area contributed by atoms with E-state index in [0.29, 0.717) is 12.2 Å². The molecule has 1 fully saturated rings.